The van der Waals surface area contributed by atoms with Crippen LogP contribution in [0.1, 0.15) is 131 Å². The number of pyridine rings is 1. The molecule has 0 unspecified atom stereocenters. The van der Waals surface area contributed by atoms with E-state index in [0.29, 0.717) is 12.8 Å². The second-order valence-corrected chi connectivity index (χ2v) is 25.0. The summed E-state index contributed by atoms with van der Waals surface area (Å²) in [5.74, 6) is -8.36. The first kappa shape index (κ1) is 73.4. The average molecular weight is 1350 g/mol. The lowest BCUT2D eigenvalue weighted by Crippen LogP contribution is -2.61. The van der Waals surface area contributed by atoms with E-state index in [1.54, 1.807) is 98.8 Å². The van der Waals surface area contributed by atoms with E-state index in [4.69, 9.17) is 13.9 Å². The zero-order chi connectivity index (χ0) is 70.9. The number of rotatable bonds is 7. The highest BCUT2D eigenvalue weighted by atomic mass is 16.6. The summed E-state index contributed by atoms with van der Waals surface area (Å²) in [5, 5.41) is 31.2. The maximum Gasteiger partial charge on any atom is 0.355 e. The van der Waals surface area contributed by atoms with Crippen molar-refractivity contribution in [1.29, 1.82) is 0 Å². The van der Waals surface area contributed by atoms with Gasteiger partial charge in [0.2, 0.25) is 41.3 Å². The van der Waals surface area contributed by atoms with E-state index in [0.717, 1.165) is 17.4 Å². The number of allylic oxidation sites excluding steroid dienone is 2. The Kier molecular flexibility index (Phi) is 25.4. The van der Waals surface area contributed by atoms with Crippen LogP contribution < -0.4 is 21.3 Å². The molecular weight excluding hydrogens is 1260 g/mol. The summed E-state index contributed by atoms with van der Waals surface area (Å²) in [4.78, 5) is 177. The van der Waals surface area contributed by atoms with Gasteiger partial charge in [0.15, 0.2) is 17.4 Å². The predicted octanol–water partition coefficient (Wildman–Crippen LogP) is 3.86. The number of hydrogen-bond donors (Lipinski definition) is 6. The van der Waals surface area contributed by atoms with Crippen LogP contribution in [0.3, 0.4) is 0 Å². The van der Waals surface area contributed by atoms with Crippen molar-refractivity contribution in [3.63, 3.8) is 0 Å². The normalized spacial score (nSPS) is 25.9. The molecule has 7 heterocycles. The monoisotopic (exact) mass is 1350 g/mol. The minimum absolute atomic E-state index is 0.0315. The Bertz CT molecular complexity index is 3750. The number of Topliss-reactive ketones (excluding diaryl/α,β-unsaturated/α-hetero) is 2. The molecule has 2 aromatic carbocycles. The molecule has 0 radical (unpaired) electrons. The summed E-state index contributed by atoms with van der Waals surface area (Å²) in [5.41, 5.74) is 1.37. The van der Waals surface area contributed by atoms with Gasteiger partial charge in [0, 0.05) is 71.0 Å². The zero-order valence-electron chi connectivity index (χ0n) is 55.8. The minimum atomic E-state index is -1.68. The standard InChI is InChI=1S/C43H49N7O10.C28H35N3O7/c1-4-29-40(56)49-21-12-17-30(49)41(57)48(3)32(23-26-13-7-5-8-14-26)42(58)50-22-19-28(51)24-31(50)37(53)47-35(27-15-9-6-10-16-27)43(59)60-25(2)34(38(54)45-29)46-39(55)36-33(52)18-11-20-44-36;1-17(2)26-19(4)9-10-24(34)29-11-5-7-18(3)13-20(32)14-21(33)15-25-30-22(16-37-25)27(35)31-12-6-8-23(31)28(36)38-26/h5-11,13-16,18,20,25,29-32,34-35,52H,4,12,17,19,21-24H2,1-3H3,(H,45,54)(H,46,55)(H,47,53);5,7-10,13,16-17,19-20,26,32H,6,11-12,14-15H2,1-4H3,(H,29,34)/b;7-5?,10-9+,18-13?/t25-,29-,30+,31+,32+,34+,35+;19-,20-,26-/m11/s1. The summed E-state index contributed by atoms with van der Waals surface area (Å²) in [6.07, 6.45) is 9.72. The smallest absolute Gasteiger partial charge is 0.355 e. The van der Waals surface area contributed by atoms with Gasteiger partial charge in [-0.05, 0) is 74.8 Å². The third-order valence-electron chi connectivity index (χ3n) is 17.4. The van der Waals surface area contributed by atoms with Gasteiger partial charge in [0.25, 0.3) is 11.8 Å². The number of nitrogens with one attached hydrogen (secondary N) is 4. The van der Waals surface area contributed by atoms with Gasteiger partial charge in [-0.15, -0.1) is 0 Å². The van der Waals surface area contributed by atoms with Gasteiger partial charge in [-0.25, -0.2) is 19.6 Å². The second-order valence-electron chi connectivity index (χ2n) is 25.0. The van der Waals surface area contributed by atoms with Gasteiger partial charge in [0.1, 0.15) is 71.7 Å². The molecule has 3 saturated heterocycles. The van der Waals surface area contributed by atoms with Crippen molar-refractivity contribution in [2.75, 3.05) is 33.2 Å². The first-order chi connectivity index (χ1) is 46.8. The lowest BCUT2D eigenvalue weighted by molar-refractivity contribution is -0.157. The average Bonchev–Trinajstić information content (AvgIpc) is 1.08. The molecule has 4 aromatic rings. The topological polar surface area (TPSA) is 364 Å². The third-order valence-corrected chi connectivity index (χ3v) is 17.4. The molecule has 6 N–H and O–H groups in total. The lowest BCUT2D eigenvalue weighted by atomic mass is 9.94. The minimum Gasteiger partial charge on any atom is -0.505 e. The van der Waals surface area contributed by atoms with E-state index in [9.17, 15) is 67.7 Å². The van der Waals surface area contributed by atoms with E-state index < -0.39 is 119 Å². The van der Waals surface area contributed by atoms with Crippen LogP contribution in [0.2, 0.25) is 0 Å². The lowest BCUT2D eigenvalue weighted by Gasteiger charge is -2.40. The van der Waals surface area contributed by atoms with Gasteiger partial charge in [0.05, 0.1) is 12.5 Å². The summed E-state index contributed by atoms with van der Waals surface area (Å²) in [6, 6.07) is 11.7. The van der Waals surface area contributed by atoms with E-state index >= 15 is 0 Å². The van der Waals surface area contributed by atoms with Gasteiger partial charge < -0.3 is 65.0 Å². The van der Waals surface area contributed by atoms with Crippen LogP contribution in [0.25, 0.3) is 0 Å². The van der Waals surface area contributed by atoms with Crippen molar-refractivity contribution in [2.45, 2.75) is 154 Å². The predicted molar refractivity (Wildman–Crippen MR) is 352 cm³/mol. The number of piperidine rings is 1. The Balaban J connectivity index is 0.000000277. The number of aromatic hydroxyl groups is 1. The number of fused-ring (bicyclic) bond motifs is 5. The van der Waals surface area contributed by atoms with Crippen molar-refractivity contribution in [3.8, 4) is 5.75 Å². The molecule has 5 aliphatic heterocycles. The number of aliphatic hydroxyl groups is 1. The fraction of sp³-hybridized carbons (Fsp3) is 0.437. The molecule has 5 aliphatic rings. The highest BCUT2D eigenvalue weighted by molar-refractivity contribution is 6.02. The van der Waals surface area contributed by atoms with Gasteiger partial charge >= 0.3 is 11.9 Å². The third kappa shape index (κ3) is 18.8. The van der Waals surface area contributed by atoms with Gasteiger partial charge in [-0.3, -0.25) is 47.9 Å². The zero-order valence-corrected chi connectivity index (χ0v) is 55.8. The Morgan fingerprint density at radius 1 is 0.806 bits per heavy atom. The Morgan fingerprint density at radius 3 is 2.22 bits per heavy atom. The molecule has 0 saturated carbocycles. The number of hydrogen-bond acceptors (Lipinski definition) is 19. The number of benzene rings is 2. The Labute approximate surface area is 567 Å². The molecule has 2 bridgehead atoms. The number of oxazole rings is 1. The van der Waals surface area contributed by atoms with Crippen LogP contribution in [0.4, 0.5) is 0 Å². The quantitative estimate of drug-likeness (QED) is 0.143. The van der Waals surface area contributed by atoms with Crippen LogP contribution in [0.5, 0.6) is 5.75 Å². The molecule has 3 fully saturated rings. The number of carbonyl (C=O) groups is 12. The molecule has 98 heavy (non-hydrogen) atoms. The van der Waals surface area contributed by atoms with Crippen molar-refractivity contribution >= 4 is 70.8 Å². The summed E-state index contributed by atoms with van der Waals surface area (Å²) >= 11 is 0. The van der Waals surface area contributed by atoms with Crippen LogP contribution in [0.15, 0.2) is 137 Å². The largest absolute Gasteiger partial charge is 0.505 e. The molecule has 27 nitrogen and oxygen atoms in total. The first-order valence-electron chi connectivity index (χ1n) is 32.8. The summed E-state index contributed by atoms with van der Waals surface area (Å²) in [7, 11) is 1.47. The maximum absolute atomic E-state index is 14.8. The second kappa shape index (κ2) is 34.0. The number of ether oxygens (including phenoxy) is 2. The van der Waals surface area contributed by atoms with E-state index in [1.165, 1.54) is 58.0 Å². The molecule has 520 valence electrons. The van der Waals surface area contributed by atoms with Gasteiger partial charge in [-0.2, -0.15) is 0 Å². The number of ketones is 2. The van der Waals surface area contributed by atoms with Crippen molar-refractivity contribution in [2.24, 2.45) is 11.8 Å². The van der Waals surface area contributed by atoms with Gasteiger partial charge in [-0.1, -0.05) is 124 Å². The molecule has 2 aromatic heterocycles. The number of likely N-dealkylation sites (N-methyl/N-ethyl adjacent to an activating group) is 1. The number of nitrogens with zero attached hydrogens (tertiary/aromatic N) is 6. The molecule has 9 rings (SSSR count). The molecule has 0 spiro atoms. The van der Waals surface area contributed by atoms with Crippen LogP contribution in [-0.2, 0) is 70.3 Å². The van der Waals surface area contributed by atoms with Crippen LogP contribution >= 0.6 is 0 Å². The molecule has 10 atom stereocenters. The Hall–Kier alpha value is -10.4. The number of cyclic esters (lactones) is 2. The number of amides is 8. The van der Waals surface area contributed by atoms with E-state index in [1.807, 2.05) is 26.8 Å². The number of aromatic nitrogens is 2. The maximum atomic E-state index is 14.8. The molecule has 27 heteroatoms. The molecule has 0 aliphatic carbocycles. The molecule has 8 amide bonds. The SMILES string of the molecule is CC1=C[C@@H](O)CC(=O)Cc2nc(co2)C(=O)N2CCC=C2C(=O)O[C@H](C(C)C)[C@H](C)/C=C/C(=O)NCC=C1.CC[C@H]1NC(=O)[C@@H](NC(=O)c2ncccc2O)[C@@H](C)OC(=O)[C@H](c2ccccc2)NC(=O)[C@@H]2CC(=O)CCN2C(=O)[C@H](Cc2ccccc2)N(C)C(=O)[C@@H]2CCCN2C1=O. The number of aliphatic hydroxyl groups excluding tert-OH is 1. The highest BCUT2D eigenvalue weighted by Gasteiger charge is 2.46. The van der Waals surface area contributed by atoms with Crippen molar-refractivity contribution in [3.05, 3.63) is 161 Å². The van der Waals surface area contributed by atoms with Crippen molar-refractivity contribution < 1.29 is 81.6 Å². The van der Waals surface area contributed by atoms with Crippen LogP contribution in [-0.4, -0.2) is 192 Å². The first-order valence-corrected chi connectivity index (χ1v) is 32.8. The highest BCUT2D eigenvalue weighted by Crippen LogP contribution is 2.29. The number of esters is 2. The van der Waals surface area contributed by atoms with E-state index in [-0.39, 0.29) is 123 Å². The fourth-order valence-corrected chi connectivity index (χ4v) is 12.2. The van der Waals surface area contributed by atoms with Crippen LogP contribution in [0, 0.1) is 11.8 Å². The van der Waals surface area contributed by atoms with Crippen molar-refractivity contribution in [1.82, 2.24) is 50.8 Å². The summed E-state index contributed by atoms with van der Waals surface area (Å²) < 4.78 is 17.0. The fourth-order valence-electron chi connectivity index (χ4n) is 12.2. The van der Waals surface area contributed by atoms with E-state index in [2.05, 4.69) is 31.2 Å². The number of carbonyl (C=O) groups excluding carboxylic acids is 12. The Morgan fingerprint density at radius 2 is 1.52 bits per heavy atom. The summed E-state index contributed by atoms with van der Waals surface area (Å²) in [6.45, 7) is 11.0. The molecular formula is C71H84N10O17.